The molecule has 102 valence electrons. The molecule has 0 saturated carbocycles. The van der Waals surface area contributed by atoms with Crippen molar-refractivity contribution < 1.29 is 9.53 Å². The summed E-state index contributed by atoms with van der Waals surface area (Å²) in [6.45, 7) is 0. The van der Waals surface area contributed by atoms with Crippen LogP contribution in [0.1, 0.15) is 15.9 Å². The maximum atomic E-state index is 11.7. The average Bonchev–Trinajstić information content (AvgIpc) is 2.48. The summed E-state index contributed by atoms with van der Waals surface area (Å²) in [7, 11) is 1.61. The van der Waals surface area contributed by atoms with E-state index < -0.39 is 0 Å². The van der Waals surface area contributed by atoms with Crippen LogP contribution in [0.2, 0.25) is 0 Å². The Bertz CT molecular complexity index is 627. The molecule has 0 aliphatic carbocycles. The van der Waals surface area contributed by atoms with Crippen LogP contribution in [0.3, 0.4) is 0 Å². The van der Waals surface area contributed by atoms with Gasteiger partial charge in [-0.3, -0.25) is 4.79 Å². The van der Waals surface area contributed by atoms with Gasteiger partial charge in [0, 0.05) is 5.56 Å². The Morgan fingerprint density at radius 2 is 2.00 bits per heavy atom. The number of hydrogen-bond donors (Lipinski definition) is 1. The van der Waals surface area contributed by atoms with Crippen molar-refractivity contribution in [2.45, 2.75) is 0 Å². The number of benzene rings is 2. The first kappa shape index (κ1) is 14.3. The first-order valence-electron chi connectivity index (χ1n) is 5.92. The van der Waals surface area contributed by atoms with Gasteiger partial charge in [0.25, 0.3) is 5.91 Å². The first-order chi connectivity index (χ1) is 9.70. The number of rotatable bonds is 4. The molecule has 0 bridgehead atoms. The Kier molecular flexibility index (Phi) is 4.90. The maximum absolute atomic E-state index is 11.7. The summed E-state index contributed by atoms with van der Waals surface area (Å²) in [5.41, 5.74) is 3.90. The highest BCUT2D eigenvalue weighted by Crippen LogP contribution is 2.24. The van der Waals surface area contributed by atoms with Crippen LogP contribution in [0, 0.1) is 0 Å². The molecule has 0 saturated heterocycles. The van der Waals surface area contributed by atoms with Crippen LogP contribution in [0.4, 0.5) is 0 Å². The Labute approximate surface area is 125 Å². The van der Waals surface area contributed by atoms with E-state index in [4.69, 9.17) is 4.74 Å². The lowest BCUT2D eigenvalue weighted by molar-refractivity contribution is 0.0955. The van der Waals surface area contributed by atoms with Gasteiger partial charge in [-0.15, -0.1) is 0 Å². The van der Waals surface area contributed by atoms with Crippen molar-refractivity contribution in [1.29, 1.82) is 0 Å². The van der Waals surface area contributed by atoms with E-state index in [2.05, 4.69) is 26.5 Å². The van der Waals surface area contributed by atoms with E-state index in [1.54, 1.807) is 37.6 Å². The van der Waals surface area contributed by atoms with Gasteiger partial charge in [-0.2, -0.15) is 5.10 Å². The fourth-order valence-electron chi connectivity index (χ4n) is 1.58. The van der Waals surface area contributed by atoms with Gasteiger partial charge < -0.3 is 4.74 Å². The lowest BCUT2D eigenvalue weighted by Gasteiger charge is -2.03. The van der Waals surface area contributed by atoms with E-state index in [0.29, 0.717) is 5.56 Å². The quantitative estimate of drug-likeness (QED) is 0.690. The lowest BCUT2D eigenvalue weighted by Crippen LogP contribution is -2.17. The summed E-state index contributed by atoms with van der Waals surface area (Å²) in [6.07, 6.45) is 1.57. The van der Waals surface area contributed by atoms with Crippen LogP contribution < -0.4 is 10.2 Å². The molecular weight excluding hydrogens is 320 g/mol. The van der Waals surface area contributed by atoms with E-state index in [-0.39, 0.29) is 5.91 Å². The predicted octanol–water partition coefficient (Wildman–Crippen LogP) is 3.22. The van der Waals surface area contributed by atoms with Gasteiger partial charge in [0.2, 0.25) is 0 Å². The number of carbonyl (C=O) groups excluding carboxylic acids is 1. The van der Waals surface area contributed by atoms with Gasteiger partial charge in [0.05, 0.1) is 17.8 Å². The molecule has 0 atom stereocenters. The molecule has 1 N–H and O–H groups in total. The van der Waals surface area contributed by atoms with E-state index >= 15 is 0 Å². The minimum atomic E-state index is -0.241. The number of nitrogens with zero attached hydrogens (tertiary/aromatic N) is 1. The first-order valence-corrected chi connectivity index (χ1v) is 6.72. The Morgan fingerprint density at radius 3 is 2.65 bits per heavy atom. The van der Waals surface area contributed by atoms with Crippen LogP contribution in [0.5, 0.6) is 5.75 Å². The summed E-state index contributed by atoms with van der Waals surface area (Å²) in [5.74, 6) is 0.505. The smallest absolute Gasteiger partial charge is 0.271 e. The highest BCUT2D eigenvalue weighted by molar-refractivity contribution is 9.10. The van der Waals surface area contributed by atoms with Gasteiger partial charge in [-0.05, 0) is 51.8 Å². The molecule has 1 amide bonds. The van der Waals surface area contributed by atoms with Crippen LogP contribution in [-0.2, 0) is 0 Å². The Morgan fingerprint density at radius 1 is 1.25 bits per heavy atom. The minimum Gasteiger partial charge on any atom is -0.496 e. The molecule has 2 aromatic carbocycles. The fraction of sp³-hybridized carbons (Fsp3) is 0.0667. The zero-order chi connectivity index (χ0) is 14.4. The molecule has 0 spiro atoms. The highest BCUT2D eigenvalue weighted by atomic mass is 79.9. The molecule has 0 heterocycles. The predicted molar refractivity (Wildman–Crippen MR) is 82.2 cm³/mol. The third kappa shape index (κ3) is 3.68. The third-order valence-electron chi connectivity index (χ3n) is 2.59. The zero-order valence-corrected chi connectivity index (χ0v) is 12.4. The average molecular weight is 333 g/mol. The topological polar surface area (TPSA) is 50.7 Å². The molecule has 2 rings (SSSR count). The fourth-order valence-corrected chi connectivity index (χ4v) is 2.14. The molecule has 4 nitrogen and oxygen atoms in total. The third-order valence-corrected chi connectivity index (χ3v) is 3.21. The molecule has 0 aliphatic heterocycles. The summed E-state index contributed by atoms with van der Waals surface area (Å²) in [6, 6.07) is 14.5. The van der Waals surface area contributed by atoms with Gasteiger partial charge >= 0.3 is 0 Å². The SMILES string of the molecule is COc1ccc(/C=N\NC(=O)c2ccccc2)cc1Br. The molecule has 0 aromatic heterocycles. The number of nitrogens with one attached hydrogen (secondary N) is 1. The van der Waals surface area contributed by atoms with Gasteiger partial charge in [-0.25, -0.2) is 5.43 Å². The molecule has 0 radical (unpaired) electrons. The largest absolute Gasteiger partial charge is 0.496 e. The van der Waals surface area contributed by atoms with Crippen LogP contribution >= 0.6 is 15.9 Å². The van der Waals surface area contributed by atoms with Crippen LogP contribution in [0.15, 0.2) is 58.1 Å². The van der Waals surface area contributed by atoms with Crippen LogP contribution in [0.25, 0.3) is 0 Å². The van der Waals surface area contributed by atoms with E-state index in [1.807, 2.05) is 24.3 Å². The standard InChI is InChI=1S/C15H13BrN2O2/c1-20-14-8-7-11(9-13(14)16)10-17-18-15(19)12-5-3-2-4-6-12/h2-10H,1H3,(H,18,19)/b17-10-. The summed E-state index contributed by atoms with van der Waals surface area (Å²) in [5, 5.41) is 3.93. The maximum Gasteiger partial charge on any atom is 0.271 e. The number of halogens is 1. The number of amides is 1. The molecule has 0 aliphatic rings. The van der Waals surface area contributed by atoms with Crippen molar-refractivity contribution in [2.24, 2.45) is 5.10 Å². The van der Waals surface area contributed by atoms with E-state index in [0.717, 1.165) is 15.8 Å². The molecule has 0 unspecified atom stereocenters. The molecule has 0 fully saturated rings. The van der Waals surface area contributed by atoms with Crippen LogP contribution in [-0.4, -0.2) is 19.2 Å². The van der Waals surface area contributed by atoms with Gasteiger partial charge in [0.15, 0.2) is 0 Å². The number of hydrogen-bond acceptors (Lipinski definition) is 3. The Balaban J connectivity index is 2.00. The molecule has 5 heteroatoms. The second-order valence-corrected chi connectivity index (χ2v) is 4.81. The monoisotopic (exact) mass is 332 g/mol. The summed E-state index contributed by atoms with van der Waals surface area (Å²) in [4.78, 5) is 11.7. The number of ether oxygens (including phenoxy) is 1. The summed E-state index contributed by atoms with van der Waals surface area (Å²) < 4.78 is 5.97. The highest BCUT2D eigenvalue weighted by Gasteiger charge is 2.02. The van der Waals surface area contributed by atoms with E-state index in [1.165, 1.54) is 0 Å². The summed E-state index contributed by atoms with van der Waals surface area (Å²) >= 11 is 3.39. The second kappa shape index (κ2) is 6.86. The minimum absolute atomic E-state index is 0.241. The van der Waals surface area contributed by atoms with Crippen molar-refractivity contribution in [3.8, 4) is 5.75 Å². The normalized spacial score (nSPS) is 10.5. The number of hydrazone groups is 1. The van der Waals surface area contributed by atoms with Crippen molar-refractivity contribution in [2.75, 3.05) is 7.11 Å². The van der Waals surface area contributed by atoms with Crippen molar-refractivity contribution >= 4 is 28.1 Å². The molecule has 20 heavy (non-hydrogen) atoms. The molecule has 2 aromatic rings. The van der Waals surface area contributed by atoms with Crippen molar-refractivity contribution in [3.63, 3.8) is 0 Å². The van der Waals surface area contributed by atoms with Crippen molar-refractivity contribution in [1.82, 2.24) is 5.43 Å². The zero-order valence-electron chi connectivity index (χ0n) is 10.8. The number of methoxy groups -OCH3 is 1. The van der Waals surface area contributed by atoms with Gasteiger partial charge in [0.1, 0.15) is 5.75 Å². The number of carbonyl (C=O) groups is 1. The van der Waals surface area contributed by atoms with Gasteiger partial charge in [-0.1, -0.05) is 18.2 Å². The Hall–Kier alpha value is -2.14. The van der Waals surface area contributed by atoms with Crippen molar-refractivity contribution in [3.05, 3.63) is 64.1 Å². The second-order valence-electron chi connectivity index (χ2n) is 3.96. The lowest BCUT2D eigenvalue weighted by atomic mass is 10.2. The molecular formula is C15H13BrN2O2. The van der Waals surface area contributed by atoms with E-state index in [9.17, 15) is 4.79 Å².